The Hall–Kier alpha value is -1.35. The van der Waals surface area contributed by atoms with Gasteiger partial charge in [0.15, 0.2) is 0 Å². The topological polar surface area (TPSA) is 47.6 Å². The van der Waals surface area contributed by atoms with Gasteiger partial charge >= 0.3 is 0 Å². The molecule has 0 spiro atoms. The van der Waals surface area contributed by atoms with Gasteiger partial charge in [-0.3, -0.25) is 0 Å². The van der Waals surface area contributed by atoms with E-state index >= 15 is 0 Å². The molecule has 1 fully saturated rings. The van der Waals surface area contributed by atoms with Gasteiger partial charge in [-0.25, -0.2) is 4.99 Å². The smallest absolute Gasteiger partial charge is 0.216 e. The van der Waals surface area contributed by atoms with Crippen molar-refractivity contribution < 1.29 is 4.74 Å². The molecule has 1 aliphatic heterocycles. The summed E-state index contributed by atoms with van der Waals surface area (Å²) in [6, 6.07) is 8.65. The quantitative estimate of drug-likeness (QED) is 0.886. The van der Waals surface area contributed by atoms with Gasteiger partial charge in [-0.1, -0.05) is 25.0 Å². The molecule has 3 heteroatoms. The average Bonchev–Trinajstić information content (AvgIpc) is 3.11. The van der Waals surface area contributed by atoms with Crippen LogP contribution < -0.4 is 5.73 Å². The lowest BCUT2D eigenvalue weighted by atomic mass is 9.79. The van der Waals surface area contributed by atoms with E-state index in [1.807, 2.05) is 0 Å². The van der Waals surface area contributed by atoms with Crippen molar-refractivity contribution in [1.29, 1.82) is 0 Å². The largest absolute Gasteiger partial charge is 0.476 e. The molecule has 3 nitrogen and oxygen atoms in total. The lowest BCUT2D eigenvalue weighted by Gasteiger charge is -2.28. The fourth-order valence-electron chi connectivity index (χ4n) is 3.14. The van der Waals surface area contributed by atoms with E-state index in [2.05, 4.69) is 29.3 Å². The standard InChI is InChI=1S/C15H20N2O/c16-11-15(7-1-2-8-15)13-5-3-12(4-6-13)14-17-9-10-18-14/h3-6H,1-2,7-11,16H2. The number of nitrogens with zero attached hydrogens (tertiary/aromatic N) is 1. The van der Waals surface area contributed by atoms with Crippen LogP contribution in [-0.4, -0.2) is 25.6 Å². The number of ether oxygens (including phenoxy) is 1. The average molecular weight is 244 g/mol. The molecule has 0 unspecified atom stereocenters. The van der Waals surface area contributed by atoms with E-state index in [1.165, 1.54) is 31.2 Å². The van der Waals surface area contributed by atoms with E-state index < -0.39 is 0 Å². The summed E-state index contributed by atoms with van der Waals surface area (Å²) in [4.78, 5) is 4.34. The maximum Gasteiger partial charge on any atom is 0.216 e. The van der Waals surface area contributed by atoms with Gasteiger partial charge in [-0.15, -0.1) is 0 Å². The van der Waals surface area contributed by atoms with Crippen LogP contribution in [0.3, 0.4) is 0 Å². The van der Waals surface area contributed by atoms with Gasteiger partial charge in [0.2, 0.25) is 5.90 Å². The van der Waals surface area contributed by atoms with Crippen molar-refractivity contribution in [3.63, 3.8) is 0 Å². The van der Waals surface area contributed by atoms with Gasteiger partial charge in [0.25, 0.3) is 0 Å². The summed E-state index contributed by atoms with van der Waals surface area (Å²) >= 11 is 0. The number of hydrogen-bond acceptors (Lipinski definition) is 3. The third kappa shape index (κ3) is 1.93. The number of nitrogens with two attached hydrogens (primary N) is 1. The van der Waals surface area contributed by atoms with Crippen molar-refractivity contribution in [3.05, 3.63) is 35.4 Å². The van der Waals surface area contributed by atoms with Gasteiger partial charge in [0, 0.05) is 17.5 Å². The molecule has 0 bridgehead atoms. The second-order valence-electron chi connectivity index (χ2n) is 5.30. The number of hydrogen-bond donors (Lipinski definition) is 1. The first-order valence-corrected chi connectivity index (χ1v) is 6.82. The van der Waals surface area contributed by atoms with E-state index in [0.717, 1.165) is 24.6 Å². The molecule has 2 aliphatic rings. The lowest BCUT2D eigenvalue weighted by Crippen LogP contribution is -2.31. The summed E-state index contributed by atoms with van der Waals surface area (Å²) in [5.41, 5.74) is 8.70. The molecule has 1 aliphatic carbocycles. The minimum atomic E-state index is 0.219. The monoisotopic (exact) mass is 244 g/mol. The molecule has 0 saturated heterocycles. The maximum absolute atomic E-state index is 6.01. The molecule has 3 rings (SSSR count). The van der Waals surface area contributed by atoms with Gasteiger partial charge in [-0.05, 0) is 30.5 Å². The fourth-order valence-corrected chi connectivity index (χ4v) is 3.14. The Kier molecular flexibility index (Phi) is 3.08. The zero-order chi connectivity index (χ0) is 12.4. The van der Waals surface area contributed by atoms with Gasteiger partial charge in [0.05, 0.1) is 6.54 Å². The molecule has 1 saturated carbocycles. The zero-order valence-corrected chi connectivity index (χ0v) is 10.7. The minimum absolute atomic E-state index is 0.219. The van der Waals surface area contributed by atoms with Crippen LogP contribution in [0, 0.1) is 0 Å². The van der Waals surface area contributed by atoms with Crippen LogP contribution in [0.1, 0.15) is 36.8 Å². The van der Waals surface area contributed by atoms with Crippen molar-refractivity contribution in [2.75, 3.05) is 19.7 Å². The van der Waals surface area contributed by atoms with Crippen molar-refractivity contribution in [1.82, 2.24) is 0 Å². The van der Waals surface area contributed by atoms with Crippen molar-refractivity contribution >= 4 is 5.90 Å². The Labute approximate surface area is 108 Å². The summed E-state index contributed by atoms with van der Waals surface area (Å²) in [6.45, 7) is 2.25. The van der Waals surface area contributed by atoms with E-state index in [4.69, 9.17) is 10.5 Å². The van der Waals surface area contributed by atoms with Crippen molar-refractivity contribution in [2.45, 2.75) is 31.1 Å². The van der Waals surface area contributed by atoms with Crippen LogP contribution in [0.5, 0.6) is 0 Å². The molecule has 0 amide bonds. The van der Waals surface area contributed by atoms with Gasteiger partial charge in [-0.2, -0.15) is 0 Å². The molecule has 1 heterocycles. The maximum atomic E-state index is 6.01. The number of benzene rings is 1. The summed E-state index contributed by atoms with van der Waals surface area (Å²) in [6.07, 6.45) is 5.05. The first-order valence-electron chi connectivity index (χ1n) is 6.82. The van der Waals surface area contributed by atoms with Gasteiger partial charge in [0.1, 0.15) is 6.61 Å². The lowest BCUT2D eigenvalue weighted by molar-refractivity contribution is 0.348. The molecule has 1 aromatic rings. The highest BCUT2D eigenvalue weighted by Crippen LogP contribution is 2.40. The van der Waals surface area contributed by atoms with Crippen LogP contribution in [0.4, 0.5) is 0 Å². The van der Waals surface area contributed by atoms with Crippen LogP contribution >= 0.6 is 0 Å². The molecular weight excluding hydrogens is 224 g/mol. The SMILES string of the molecule is NCC1(c2ccc(C3=NCCO3)cc2)CCCC1. The second-order valence-corrected chi connectivity index (χ2v) is 5.30. The first-order chi connectivity index (χ1) is 8.84. The van der Waals surface area contributed by atoms with Gasteiger partial charge < -0.3 is 10.5 Å². The van der Waals surface area contributed by atoms with Crippen molar-refractivity contribution in [3.8, 4) is 0 Å². The minimum Gasteiger partial charge on any atom is -0.476 e. The predicted octanol–water partition coefficient (Wildman–Crippen LogP) is 2.23. The molecule has 2 N–H and O–H groups in total. The Morgan fingerprint density at radius 3 is 2.44 bits per heavy atom. The second kappa shape index (κ2) is 4.73. The Morgan fingerprint density at radius 1 is 1.17 bits per heavy atom. The Balaban J connectivity index is 1.86. The van der Waals surface area contributed by atoms with E-state index in [-0.39, 0.29) is 5.41 Å². The van der Waals surface area contributed by atoms with E-state index in [9.17, 15) is 0 Å². The predicted molar refractivity (Wildman–Crippen MR) is 73.0 cm³/mol. The summed E-state index contributed by atoms with van der Waals surface area (Å²) in [5.74, 6) is 0.787. The zero-order valence-electron chi connectivity index (χ0n) is 10.7. The first kappa shape index (κ1) is 11.7. The summed E-state index contributed by atoms with van der Waals surface area (Å²) in [7, 11) is 0. The van der Waals surface area contributed by atoms with Crippen LogP contribution in [-0.2, 0) is 10.2 Å². The fraction of sp³-hybridized carbons (Fsp3) is 0.533. The van der Waals surface area contributed by atoms with Crippen LogP contribution in [0.2, 0.25) is 0 Å². The molecular formula is C15H20N2O. The molecule has 0 atom stereocenters. The third-order valence-corrected chi connectivity index (χ3v) is 4.28. The Morgan fingerprint density at radius 2 is 1.89 bits per heavy atom. The highest BCUT2D eigenvalue weighted by Gasteiger charge is 2.34. The van der Waals surface area contributed by atoms with E-state index in [0.29, 0.717) is 6.61 Å². The van der Waals surface area contributed by atoms with E-state index in [1.54, 1.807) is 0 Å². The Bertz CT molecular complexity index is 444. The van der Waals surface area contributed by atoms with Crippen molar-refractivity contribution in [2.24, 2.45) is 10.7 Å². The molecule has 0 aromatic heterocycles. The number of rotatable bonds is 3. The van der Waals surface area contributed by atoms with Crippen LogP contribution in [0.25, 0.3) is 0 Å². The summed E-state index contributed by atoms with van der Waals surface area (Å²) in [5, 5.41) is 0. The highest BCUT2D eigenvalue weighted by atomic mass is 16.5. The molecule has 1 aromatic carbocycles. The molecule has 18 heavy (non-hydrogen) atoms. The normalized spacial score (nSPS) is 21.7. The summed E-state index contributed by atoms with van der Waals surface area (Å²) < 4.78 is 5.48. The molecule has 96 valence electrons. The third-order valence-electron chi connectivity index (χ3n) is 4.28. The molecule has 0 radical (unpaired) electrons. The van der Waals surface area contributed by atoms with Crippen LogP contribution in [0.15, 0.2) is 29.3 Å². The number of aliphatic imine (C=N–C) groups is 1. The highest BCUT2D eigenvalue weighted by molar-refractivity contribution is 5.94.